The quantitative estimate of drug-likeness (QED) is 0.133. The second-order valence-corrected chi connectivity index (χ2v) is 17.8. The van der Waals surface area contributed by atoms with Gasteiger partial charge < -0.3 is 0 Å². The molecule has 0 heterocycles. The number of fused-ring (bicyclic) bond motifs is 18. The van der Waals surface area contributed by atoms with Gasteiger partial charge in [-0.1, -0.05) is 0 Å². The van der Waals surface area contributed by atoms with E-state index in [4.69, 9.17) is 0 Å². The highest BCUT2D eigenvalue weighted by Gasteiger charge is 2.05. The lowest BCUT2D eigenvalue weighted by Crippen LogP contribution is -1.82. The Hall–Kier alpha value is -0.300. The zero-order valence-corrected chi connectivity index (χ0v) is 34.6. The molecule has 0 nitrogen and oxygen atoms in total. The summed E-state index contributed by atoms with van der Waals surface area (Å²) in [5.74, 6) is 0. The maximum absolute atomic E-state index is 2.46. The van der Waals surface area contributed by atoms with Crippen LogP contribution in [0.4, 0.5) is 0 Å². The van der Waals surface area contributed by atoms with Crippen molar-refractivity contribution in [2.24, 2.45) is 0 Å². The van der Waals surface area contributed by atoms with Gasteiger partial charge in [-0.3, -0.25) is 0 Å². The Morgan fingerprint density at radius 3 is 0.357 bits per heavy atom. The number of hydrogen-bond acceptors (Lipinski definition) is 0. The summed E-state index contributed by atoms with van der Waals surface area (Å²) in [5.41, 5.74) is 0. The number of halogens is 6. The second kappa shape index (κ2) is 12.5. The van der Waals surface area contributed by atoms with Crippen molar-refractivity contribution in [1.29, 1.82) is 0 Å². The van der Waals surface area contributed by atoms with Gasteiger partial charge in [0, 0.05) is 21.4 Å². The largest absolute Gasteiger partial charge is 0.0464 e. The fourth-order valence-electron chi connectivity index (χ4n) is 5.54. The maximum Gasteiger partial charge on any atom is 0.0142 e. The van der Waals surface area contributed by atoms with E-state index in [1.165, 1.54) is 86.1 Å². The van der Waals surface area contributed by atoms with Crippen molar-refractivity contribution in [3.05, 3.63) is 131 Å². The lowest BCUT2D eigenvalue weighted by atomic mass is 10.0. The summed E-state index contributed by atoms with van der Waals surface area (Å²) in [6, 6.07) is 41.7. The fraction of sp³-hybridized carbons (Fsp3) is 0. The molecule has 0 spiro atoms. The third-order valence-corrected chi connectivity index (χ3v) is 11.1. The summed E-state index contributed by atoms with van der Waals surface area (Å²) in [7, 11) is 0. The third-order valence-electron chi connectivity index (χ3n) is 7.39. The van der Waals surface area contributed by atoms with Crippen LogP contribution in [0.3, 0.4) is 0 Å². The summed E-state index contributed by atoms with van der Waals surface area (Å²) in [6.07, 6.45) is 0. The first-order chi connectivity index (χ1) is 20.2. The maximum atomic E-state index is 2.46. The van der Waals surface area contributed by atoms with Crippen LogP contribution in [-0.2, 0) is 0 Å². The van der Waals surface area contributed by atoms with Crippen LogP contribution in [0, 0.1) is 21.4 Å². The zero-order valence-electron chi connectivity index (χ0n) is 21.7. The first-order valence-electron chi connectivity index (χ1n) is 13.0. The van der Waals surface area contributed by atoms with E-state index in [0.717, 1.165) is 0 Å². The molecular weight excluding hydrogens is 1190 g/mol. The standard InChI is InChI=1S/C36H18I6/c37-31-7-19-1-20(8-31)22-3-24(12-33(39)10-22)26-5-28(16-35(41)14-26)30-6-29(17-36(42)18-30)27-4-25(13-34(40)15-27)23-2-21(19)9-32(38)11-23/h1-18H. The van der Waals surface area contributed by atoms with Crippen molar-refractivity contribution in [2.75, 3.05) is 0 Å². The molecule has 0 N–H and O–H groups in total. The smallest absolute Gasteiger partial charge is 0.0142 e. The topological polar surface area (TPSA) is 0 Å². The van der Waals surface area contributed by atoms with E-state index in [9.17, 15) is 0 Å². The van der Waals surface area contributed by atoms with Crippen LogP contribution in [0.1, 0.15) is 0 Å². The van der Waals surface area contributed by atoms with Crippen LogP contribution in [0.15, 0.2) is 109 Å². The molecule has 0 radical (unpaired) electrons. The van der Waals surface area contributed by atoms with E-state index in [1.807, 2.05) is 0 Å². The van der Waals surface area contributed by atoms with Gasteiger partial charge in [-0.05, 0) is 309 Å². The molecular formula is C36H18I6. The Labute approximate surface area is 325 Å². The van der Waals surface area contributed by atoms with Gasteiger partial charge in [0.05, 0.1) is 0 Å². The predicted octanol–water partition coefficient (Wildman–Crippen LogP) is 13.9. The summed E-state index contributed by atoms with van der Waals surface area (Å²) in [5, 5.41) is 14.9. The van der Waals surface area contributed by atoms with E-state index in [0.29, 0.717) is 0 Å². The molecule has 0 atom stereocenters. The van der Waals surface area contributed by atoms with Gasteiger partial charge in [0.2, 0.25) is 0 Å². The van der Waals surface area contributed by atoms with E-state index in [-0.39, 0.29) is 0 Å². The minimum Gasteiger partial charge on any atom is -0.0464 e. The molecule has 42 heavy (non-hydrogen) atoms. The second-order valence-electron chi connectivity index (χ2n) is 10.4. The van der Waals surface area contributed by atoms with Crippen LogP contribution < -0.4 is 0 Å². The molecule has 7 aromatic carbocycles. The van der Waals surface area contributed by atoms with Gasteiger partial charge in [0.1, 0.15) is 0 Å². The summed E-state index contributed by atoms with van der Waals surface area (Å²) in [6.45, 7) is 0. The van der Waals surface area contributed by atoms with E-state index in [2.05, 4.69) is 245 Å². The lowest BCUT2D eigenvalue weighted by Gasteiger charge is -2.06. The first kappa shape index (κ1) is 30.4. The van der Waals surface area contributed by atoms with Gasteiger partial charge in [-0.25, -0.2) is 0 Å². The van der Waals surface area contributed by atoms with Crippen molar-refractivity contribution in [1.82, 2.24) is 0 Å². The fourth-order valence-corrected chi connectivity index (χ4v) is 9.56. The molecule has 0 saturated heterocycles. The Morgan fingerprint density at radius 2 is 0.262 bits per heavy atom. The SMILES string of the molecule is Ic1cc2cc(c1)c1cc(I)cc(c1)c1cc(I)cc(c1)c1cc(I)cc(c1)c1cc(I)cc(c1)c1cc(I)cc2c1. The highest BCUT2D eigenvalue weighted by Crippen LogP contribution is 2.31. The van der Waals surface area contributed by atoms with Crippen LogP contribution in [-0.4, -0.2) is 0 Å². The predicted molar refractivity (Wildman–Crippen MR) is 234 cm³/mol. The normalized spacial score (nSPS) is 11.6. The Bertz CT molecular complexity index is 1800. The molecule has 0 amide bonds. The summed E-state index contributed by atoms with van der Waals surface area (Å²) in [4.78, 5) is 0. The highest BCUT2D eigenvalue weighted by atomic mass is 127. The minimum absolute atomic E-state index is 1.23. The lowest BCUT2D eigenvalue weighted by molar-refractivity contribution is 1.70. The average Bonchev–Trinajstić information content (AvgIpc) is 2.95. The number of rotatable bonds is 0. The van der Waals surface area contributed by atoms with Crippen LogP contribution in [0.5, 0.6) is 0 Å². The molecule has 7 aromatic rings. The number of benzene rings is 6. The van der Waals surface area contributed by atoms with Gasteiger partial charge in [0.15, 0.2) is 0 Å². The highest BCUT2D eigenvalue weighted by molar-refractivity contribution is 14.1. The van der Waals surface area contributed by atoms with Crippen LogP contribution in [0.2, 0.25) is 0 Å². The van der Waals surface area contributed by atoms with Gasteiger partial charge in [-0.15, -0.1) is 0 Å². The molecule has 0 aliphatic heterocycles. The van der Waals surface area contributed by atoms with Gasteiger partial charge in [0.25, 0.3) is 0 Å². The molecule has 7 rings (SSSR count). The minimum atomic E-state index is 1.23. The van der Waals surface area contributed by atoms with Crippen molar-refractivity contribution in [2.45, 2.75) is 0 Å². The Kier molecular flexibility index (Phi) is 9.02. The van der Waals surface area contributed by atoms with E-state index >= 15 is 0 Å². The molecule has 0 unspecified atom stereocenters. The first-order valence-corrected chi connectivity index (χ1v) is 19.5. The van der Waals surface area contributed by atoms with Crippen molar-refractivity contribution >= 4 is 200 Å². The molecule has 0 fully saturated rings. The van der Waals surface area contributed by atoms with Crippen LogP contribution in [0.25, 0.3) is 64.6 Å². The van der Waals surface area contributed by atoms with E-state index < -0.39 is 0 Å². The van der Waals surface area contributed by atoms with Gasteiger partial charge >= 0.3 is 0 Å². The van der Waals surface area contributed by atoms with E-state index in [1.54, 1.807) is 0 Å². The monoisotopic (exact) mass is 1210 g/mol. The summed E-state index contributed by atoms with van der Waals surface area (Å²) < 4.78 is 7.40. The average molecular weight is 1210 g/mol. The van der Waals surface area contributed by atoms with Crippen molar-refractivity contribution in [3.8, 4) is 0 Å². The van der Waals surface area contributed by atoms with Crippen molar-refractivity contribution in [3.63, 3.8) is 0 Å². The van der Waals surface area contributed by atoms with Crippen molar-refractivity contribution < 1.29 is 0 Å². The molecule has 6 heteroatoms. The van der Waals surface area contributed by atoms with Crippen LogP contribution >= 0.6 is 136 Å². The third kappa shape index (κ3) is 6.49. The van der Waals surface area contributed by atoms with Gasteiger partial charge in [-0.2, -0.15) is 0 Å². The molecule has 12 bridgehead atoms. The summed E-state index contributed by atoms with van der Waals surface area (Å²) >= 11 is 14.8. The molecule has 204 valence electrons. The Morgan fingerprint density at radius 1 is 0.167 bits per heavy atom. The molecule has 0 aliphatic carbocycles. The molecule has 0 aliphatic rings. The molecule has 0 saturated carbocycles. The molecule has 0 aromatic heterocycles. The Balaban J connectivity index is 1.79. The number of hydrogen-bond donors (Lipinski definition) is 0. The zero-order chi connectivity index (χ0) is 29.1.